The average Bonchev–Trinajstić information content (AvgIpc) is 2.30. The molecule has 18 heavy (non-hydrogen) atoms. The van der Waals surface area contributed by atoms with E-state index in [1.165, 1.54) is 12.3 Å². The number of halogens is 1. The maximum absolute atomic E-state index is 13.0. The highest BCUT2D eigenvalue weighted by molar-refractivity contribution is 5.43. The van der Waals surface area contributed by atoms with Gasteiger partial charge in [0.25, 0.3) is 0 Å². The Balaban J connectivity index is 2.73. The molecule has 1 rings (SSSR count). The molecule has 1 aromatic heterocycles. The molecule has 3 nitrogen and oxygen atoms in total. The van der Waals surface area contributed by atoms with Crippen LogP contribution in [0.15, 0.2) is 12.3 Å². The number of hydrogen-bond donors (Lipinski definition) is 2. The Morgan fingerprint density at radius 3 is 2.39 bits per heavy atom. The third kappa shape index (κ3) is 3.95. The topological polar surface area (TPSA) is 45.2 Å². The van der Waals surface area contributed by atoms with Gasteiger partial charge in [-0.1, -0.05) is 27.7 Å². The van der Waals surface area contributed by atoms with Crippen molar-refractivity contribution in [3.8, 4) is 0 Å². The van der Waals surface area contributed by atoms with Crippen molar-refractivity contribution in [2.24, 2.45) is 17.8 Å². The highest BCUT2D eigenvalue weighted by Gasteiger charge is 2.17. The fourth-order valence-electron chi connectivity index (χ4n) is 2.22. The lowest BCUT2D eigenvalue weighted by Gasteiger charge is -2.25. The molecule has 0 radical (unpaired) electrons. The van der Waals surface area contributed by atoms with Gasteiger partial charge in [-0.05, 0) is 23.8 Å². The number of anilines is 1. The monoisotopic (exact) mass is 254 g/mol. The molecule has 102 valence electrons. The maximum Gasteiger partial charge on any atom is 0.142 e. The minimum Gasteiger partial charge on any atom is -0.392 e. The first-order valence-electron chi connectivity index (χ1n) is 6.44. The third-order valence-electron chi connectivity index (χ3n) is 3.32. The second-order valence-electron chi connectivity index (χ2n) is 5.35. The van der Waals surface area contributed by atoms with Gasteiger partial charge in [0.15, 0.2) is 0 Å². The Morgan fingerprint density at radius 2 is 1.89 bits per heavy atom. The highest BCUT2D eigenvalue weighted by Crippen LogP contribution is 2.22. The molecule has 0 aromatic carbocycles. The molecule has 0 saturated heterocycles. The molecular weight excluding hydrogens is 231 g/mol. The van der Waals surface area contributed by atoms with Crippen molar-refractivity contribution >= 4 is 5.82 Å². The molecule has 0 aliphatic carbocycles. The Hall–Kier alpha value is -1.16. The number of rotatable bonds is 6. The average molecular weight is 254 g/mol. The first-order chi connectivity index (χ1) is 8.45. The molecule has 0 aliphatic rings. The molecule has 0 fully saturated rings. The molecule has 0 atom stereocenters. The van der Waals surface area contributed by atoms with E-state index < -0.39 is 5.82 Å². The number of aliphatic hydroxyl groups excluding tert-OH is 1. The van der Waals surface area contributed by atoms with Gasteiger partial charge in [0, 0.05) is 12.1 Å². The summed E-state index contributed by atoms with van der Waals surface area (Å²) in [5.41, 5.74) is 0.501. The lowest BCUT2D eigenvalue weighted by Crippen LogP contribution is -2.25. The van der Waals surface area contributed by atoms with Gasteiger partial charge in [0.05, 0.1) is 12.8 Å². The van der Waals surface area contributed by atoms with E-state index in [0.29, 0.717) is 29.1 Å². The third-order valence-corrected chi connectivity index (χ3v) is 3.32. The number of pyridine rings is 1. The lowest BCUT2D eigenvalue weighted by molar-refractivity contribution is 0.280. The van der Waals surface area contributed by atoms with Crippen molar-refractivity contribution in [2.75, 3.05) is 11.9 Å². The lowest BCUT2D eigenvalue weighted by atomic mass is 9.85. The number of hydrogen-bond acceptors (Lipinski definition) is 3. The Morgan fingerprint density at radius 1 is 1.28 bits per heavy atom. The van der Waals surface area contributed by atoms with Crippen molar-refractivity contribution < 1.29 is 9.50 Å². The van der Waals surface area contributed by atoms with E-state index in [2.05, 4.69) is 38.0 Å². The van der Waals surface area contributed by atoms with Crippen LogP contribution in [-0.4, -0.2) is 16.6 Å². The fourth-order valence-corrected chi connectivity index (χ4v) is 2.22. The number of aliphatic hydroxyl groups is 1. The van der Waals surface area contributed by atoms with E-state index in [0.717, 1.165) is 6.54 Å². The largest absolute Gasteiger partial charge is 0.392 e. The Labute approximate surface area is 108 Å². The second kappa shape index (κ2) is 6.69. The fraction of sp³-hybridized carbons (Fsp3) is 0.643. The van der Waals surface area contributed by atoms with Crippen LogP contribution in [0.1, 0.15) is 33.3 Å². The van der Waals surface area contributed by atoms with E-state index in [4.69, 9.17) is 0 Å². The zero-order chi connectivity index (χ0) is 13.7. The van der Waals surface area contributed by atoms with Crippen LogP contribution < -0.4 is 5.32 Å². The molecule has 1 aromatic rings. The minimum absolute atomic E-state index is 0.207. The molecule has 0 bridgehead atoms. The van der Waals surface area contributed by atoms with Gasteiger partial charge in [-0.3, -0.25) is 0 Å². The quantitative estimate of drug-likeness (QED) is 0.820. The van der Waals surface area contributed by atoms with Gasteiger partial charge in [0.1, 0.15) is 11.6 Å². The summed E-state index contributed by atoms with van der Waals surface area (Å²) in [6.45, 7) is 9.34. The van der Waals surface area contributed by atoms with Crippen molar-refractivity contribution in [1.29, 1.82) is 0 Å². The molecule has 0 amide bonds. The SMILES string of the molecule is CC(C)C(CNc1ncc(F)cc1CO)C(C)C. The summed E-state index contributed by atoms with van der Waals surface area (Å²) in [4.78, 5) is 3.99. The van der Waals surface area contributed by atoms with Crippen LogP contribution in [0.25, 0.3) is 0 Å². The van der Waals surface area contributed by atoms with Crippen molar-refractivity contribution in [2.45, 2.75) is 34.3 Å². The van der Waals surface area contributed by atoms with E-state index in [9.17, 15) is 9.50 Å². The first kappa shape index (κ1) is 14.9. The Kier molecular flexibility index (Phi) is 5.54. The van der Waals surface area contributed by atoms with Crippen molar-refractivity contribution in [1.82, 2.24) is 4.98 Å². The van der Waals surface area contributed by atoms with E-state index in [-0.39, 0.29) is 6.61 Å². The van der Waals surface area contributed by atoms with E-state index in [1.807, 2.05) is 0 Å². The second-order valence-corrected chi connectivity index (χ2v) is 5.35. The predicted octanol–water partition coefficient (Wildman–Crippen LogP) is 3.05. The summed E-state index contributed by atoms with van der Waals surface area (Å²) in [5, 5.41) is 12.4. The van der Waals surface area contributed by atoms with Crippen LogP contribution in [0.4, 0.5) is 10.2 Å². The van der Waals surface area contributed by atoms with Crippen LogP contribution in [0.5, 0.6) is 0 Å². The van der Waals surface area contributed by atoms with E-state index in [1.54, 1.807) is 0 Å². The van der Waals surface area contributed by atoms with Crippen LogP contribution in [0, 0.1) is 23.6 Å². The van der Waals surface area contributed by atoms with Gasteiger partial charge in [0.2, 0.25) is 0 Å². The van der Waals surface area contributed by atoms with Gasteiger partial charge in [-0.2, -0.15) is 0 Å². The molecule has 0 spiro atoms. The molecule has 4 heteroatoms. The zero-order valence-electron chi connectivity index (χ0n) is 11.6. The molecule has 0 saturated carbocycles. The summed E-state index contributed by atoms with van der Waals surface area (Å²) in [6, 6.07) is 1.31. The number of nitrogens with one attached hydrogen (secondary N) is 1. The Bertz CT molecular complexity index is 372. The summed E-state index contributed by atoms with van der Waals surface area (Å²) < 4.78 is 13.0. The van der Waals surface area contributed by atoms with Crippen LogP contribution in [0.3, 0.4) is 0 Å². The van der Waals surface area contributed by atoms with Crippen LogP contribution in [0.2, 0.25) is 0 Å². The molecule has 2 N–H and O–H groups in total. The first-order valence-corrected chi connectivity index (χ1v) is 6.44. The normalized spacial score (nSPS) is 11.6. The van der Waals surface area contributed by atoms with Gasteiger partial charge >= 0.3 is 0 Å². The predicted molar refractivity (Wildman–Crippen MR) is 71.8 cm³/mol. The van der Waals surface area contributed by atoms with Gasteiger partial charge in [-0.25, -0.2) is 9.37 Å². The number of nitrogens with zero attached hydrogens (tertiary/aromatic N) is 1. The summed E-state index contributed by atoms with van der Waals surface area (Å²) in [5.74, 6) is 1.80. The minimum atomic E-state index is -0.422. The number of aromatic nitrogens is 1. The summed E-state index contributed by atoms with van der Waals surface area (Å²) >= 11 is 0. The molecule has 0 unspecified atom stereocenters. The molecule has 1 heterocycles. The standard InChI is InChI=1S/C14H23FN2O/c1-9(2)13(10(3)4)7-17-14-11(8-18)5-12(15)6-16-14/h5-6,9-10,13,18H,7-8H2,1-4H3,(H,16,17). The van der Waals surface area contributed by atoms with Crippen molar-refractivity contribution in [3.05, 3.63) is 23.6 Å². The van der Waals surface area contributed by atoms with Crippen LogP contribution in [-0.2, 0) is 6.61 Å². The van der Waals surface area contributed by atoms with Gasteiger partial charge < -0.3 is 10.4 Å². The zero-order valence-corrected chi connectivity index (χ0v) is 11.6. The summed E-state index contributed by atoms with van der Waals surface area (Å²) in [6.07, 6.45) is 1.17. The molecular formula is C14H23FN2O. The molecule has 0 aliphatic heterocycles. The van der Waals surface area contributed by atoms with Gasteiger partial charge in [-0.15, -0.1) is 0 Å². The van der Waals surface area contributed by atoms with Crippen molar-refractivity contribution in [3.63, 3.8) is 0 Å². The summed E-state index contributed by atoms with van der Waals surface area (Å²) in [7, 11) is 0. The van der Waals surface area contributed by atoms with Crippen LogP contribution >= 0.6 is 0 Å². The smallest absolute Gasteiger partial charge is 0.142 e. The maximum atomic E-state index is 13.0. The van der Waals surface area contributed by atoms with E-state index >= 15 is 0 Å². The highest BCUT2D eigenvalue weighted by atomic mass is 19.1.